The molecule has 2 rings (SSSR count). The minimum atomic E-state index is 0.774. The zero-order chi connectivity index (χ0) is 15.4. The van der Waals surface area contributed by atoms with Crippen molar-refractivity contribution in [1.29, 1.82) is 0 Å². The Hall–Kier alpha value is -1.79. The molecule has 0 bridgehead atoms. The van der Waals surface area contributed by atoms with Crippen LogP contribution in [-0.2, 0) is 6.42 Å². The van der Waals surface area contributed by atoms with Crippen LogP contribution < -0.4 is 0 Å². The fourth-order valence-corrected chi connectivity index (χ4v) is 2.58. The molecule has 0 aromatic heterocycles. The third kappa shape index (κ3) is 3.86. The van der Waals surface area contributed by atoms with E-state index in [0.717, 1.165) is 17.0 Å². The summed E-state index contributed by atoms with van der Waals surface area (Å²) in [7, 11) is 0. The van der Waals surface area contributed by atoms with Crippen LogP contribution in [0.2, 0.25) is 5.02 Å². The summed E-state index contributed by atoms with van der Waals surface area (Å²) in [5.74, 6) is 0. The van der Waals surface area contributed by atoms with Crippen LogP contribution in [0.1, 0.15) is 30.5 Å². The molecule has 0 heterocycles. The molecular weight excluding hydrogens is 276 g/mol. The fourth-order valence-electron chi connectivity index (χ4n) is 2.41. The number of hydrogen-bond acceptors (Lipinski definition) is 0. The lowest BCUT2D eigenvalue weighted by molar-refractivity contribution is 1.22. The summed E-state index contributed by atoms with van der Waals surface area (Å²) < 4.78 is 0. The summed E-state index contributed by atoms with van der Waals surface area (Å²) in [6, 6.07) is 16.6. The van der Waals surface area contributed by atoms with E-state index in [1.165, 1.54) is 27.8 Å². The zero-order valence-electron chi connectivity index (χ0n) is 12.9. The highest BCUT2D eigenvalue weighted by Crippen LogP contribution is 2.30. The molecule has 0 spiro atoms. The van der Waals surface area contributed by atoms with Crippen molar-refractivity contribution in [2.75, 3.05) is 0 Å². The number of aryl methyl sites for hydroxylation is 1. The third-order valence-corrected chi connectivity index (χ3v) is 4.08. The van der Waals surface area contributed by atoms with Gasteiger partial charge in [-0.15, -0.1) is 0 Å². The minimum Gasteiger partial charge on any atom is -0.0958 e. The molecule has 0 amide bonds. The van der Waals surface area contributed by atoms with E-state index in [1.807, 2.05) is 12.1 Å². The van der Waals surface area contributed by atoms with Crippen molar-refractivity contribution in [2.45, 2.75) is 27.2 Å². The molecule has 0 saturated carbocycles. The summed E-state index contributed by atoms with van der Waals surface area (Å²) in [6.07, 6.45) is 0.890. The molecule has 108 valence electrons. The van der Waals surface area contributed by atoms with E-state index < -0.39 is 0 Å². The maximum atomic E-state index is 6.20. The molecule has 0 aliphatic carbocycles. The quantitative estimate of drug-likeness (QED) is 0.586. The number of rotatable bonds is 4. The number of allylic oxidation sites excluding steroid dienone is 3. The summed E-state index contributed by atoms with van der Waals surface area (Å²) in [6.45, 7) is 10.4. The topological polar surface area (TPSA) is 0 Å². The molecule has 0 aliphatic heterocycles. The van der Waals surface area contributed by atoms with Crippen LogP contribution >= 0.6 is 11.6 Å². The van der Waals surface area contributed by atoms with Crippen molar-refractivity contribution in [1.82, 2.24) is 0 Å². The van der Waals surface area contributed by atoms with E-state index in [4.69, 9.17) is 11.6 Å². The standard InChI is InChI=1S/C20H21Cl/c1-14(2)16(4)20(12-17-8-6-5-7-9-17)19-13-18(21)11-10-15(19)3/h5-11,13H,1,12H2,2-4H3/b20-16+. The first-order valence-corrected chi connectivity index (χ1v) is 7.53. The summed E-state index contributed by atoms with van der Waals surface area (Å²) in [5.41, 5.74) is 7.39. The maximum absolute atomic E-state index is 6.20. The lowest BCUT2D eigenvalue weighted by atomic mass is 9.89. The first-order chi connectivity index (χ1) is 9.99. The smallest absolute Gasteiger partial charge is 0.0412 e. The highest BCUT2D eigenvalue weighted by atomic mass is 35.5. The van der Waals surface area contributed by atoms with Crippen LogP contribution in [0.15, 0.2) is 66.3 Å². The molecule has 1 heteroatoms. The predicted octanol–water partition coefficient (Wildman–Crippen LogP) is 6.24. The van der Waals surface area contributed by atoms with Crippen LogP contribution in [0.5, 0.6) is 0 Å². The monoisotopic (exact) mass is 296 g/mol. The lowest BCUT2D eigenvalue weighted by Gasteiger charge is -2.16. The highest BCUT2D eigenvalue weighted by molar-refractivity contribution is 6.30. The molecule has 0 nitrogen and oxygen atoms in total. The van der Waals surface area contributed by atoms with E-state index in [2.05, 4.69) is 63.7 Å². The number of halogens is 1. The van der Waals surface area contributed by atoms with Crippen LogP contribution in [-0.4, -0.2) is 0 Å². The van der Waals surface area contributed by atoms with Gasteiger partial charge in [-0.3, -0.25) is 0 Å². The van der Waals surface area contributed by atoms with Gasteiger partial charge < -0.3 is 0 Å². The van der Waals surface area contributed by atoms with Gasteiger partial charge in [0.2, 0.25) is 0 Å². The Balaban J connectivity index is 2.55. The number of benzene rings is 2. The Bertz CT molecular complexity index is 678. The molecule has 2 aromatic rings. The van der Waals surface area contributed by atoms with E-state index in [1.54, 1.807) is 0 Å². The summed E-state index contributed by atoms with van der Waals surface area (Å²) in [5, 5.41) is 0.774. The summed E-state index contributed by atoms with van der Waals surface area (Å²) >= 11 is 6.20. The Kier molecular flexibility index (Phi) is 5.03. The van der Waals surface area contributed by atoms with Gasteiger partial charge in [0.05, 0.1) is 0 Å². The molecule has 0 N–H and O–H groups in total. The van der Waals surface area contributed by atoms with Crippen LogP contribution in [0.25, 0.3) is 5.57 Å². The normalized spacial score (nSPS) is 12.0. The Morgan fingerprint density at radius 2 is 1.71 bits per heavy atom. The average molecular weight is 297 g/mol. The second kappa shape index (κ2) is 6.78. The van der Waals surface area contributed by atoms with Gasteiger partial charge in [-0.05, 0) is 67.2 Å². The molecule has 0 unspecified atom stereocenters. The molecule has 0 atom stereocenters. The first-order valence-electron chi connectivity index (χ1n) is 7.15. The molecule has 21 heavy (non-hydrogen) atoms. The third-order valence-electron chi connectivity index (χ3n) is 3.84. The zero-order valence-corrected chi connectivity index (χ0v) is 13.7. The van der Waals surface area contributed by atoms with E-state index in [0.29, 0.717) is 0 Å². The van der Waals surface area contributed by atoms with Gasteiger partial charge >= 0.3 is 0 Å². The minimum absolute atomic E-state index is 0.774. The molecule has 0 fully saturated rings. The molecule has 0 aliphatic rings. The van der Waals surface area contributed by atoms with Crippen molar-refractivity contribution < 1.29 is 0 Å². The van der Waals surface area contributed by atoms with Crippen molar-refractivity contribution in [3.05, 3.63) is 88.0 Å². The van der Waals surface area contributed by atoms with Crippen molar-refractivity contribution in [3.8, 4) is 0 Å². The molecular formula is C20H21Cl. The fraction of sp³-hybridized carbons (Fsp3) is 0.200. The molecule has 0 saturated heterocycles. The second-order valence-corrected chi connectivity index (χ2v) is 5.94. The molecule has 0 radical (unpaired) electrons. The predicted molar refractivity (Wildman–Crippen MR) is 93.7 cm³/mol. The maximum Gasteiger partial charge on any atom is 0.0412 e. The van der Waals surface area contributed by atoms with Crippen molar-refractivity contribution >= 4 is 17.2 Å². The summed E-state index contributed by atoms with van der Waals surface area (Å²) in [4.78, 5) is 0. The van der Waals surface area contributed by atoms with Gasteiger partial charge in [-0.2, -0.15) is 0 Å². The Morgan fingerprint density at radius 3 is 2.33 bits per heavy atom. The van der Waals surface area contributed by atoms with Crippen molar-refractivity contribution in [2.24, 2.45) is 0 Å². The van der Waals surface area contributed by atoms with E-state index in [-0.39, 0.29) is 0 Å². The van der Waals surface area contributed by atoms with Gasteiger partial charge in [0.25, 0.3) is 0 Å². The van der Waals surface area contributed by atoms with Crippen molar-refractivity contribution in [3.63, 3.8) is 0 Å². The van der Waals surface area contributed by atoms with Crippen LogP contribution in [0.3, 0.4) is 0 Å². The SMILES string of the molecule is C=C(C)/C(C)=C(\Cc1ccccc1)c1cc(Cl)ccc1C. The number of hydrogen-bond donors (Lipinski definition) is 0. The average Bonchev–Trinajstić information content (AvgIpc) is 2.48. The highest BCUT2D eigenvalue weighted by Gasteiger charge is 2.11. The van der Waals surface area contributed by atoms with Gasteiger partial charge in [0, 0.05) is 5.02 Å². The Morgan fingerprint density at radius 1 is 1.05 bits per heavy atom. The molecule has 2 aromatic carbocycles. The van der Waals surface area contributed by atoms with E-state index in [9.17, 15) is 0 Å². The first kappa shape index (κ1) is 15.6. The van der Waals surface area contributed by atoms with Crippen LogP contribution in [0, 0.1) is 6.92 Å². The second-order valence-electron chi connectivity index (χ2n) is 5.51. The van der Waals surface area contributed by atoms with Gasteiger partial charge in [-0.1, -0.05) is 60.2 Å². The van der Waals surface area contributed by atoms with Gasteiger partial charge in [0.1, 0.15) is 0 Å². The van der Waals surface area contributed by atoms with Gasteiger partial charge in [-0.25, -0.2) is 0 Å². The van der Waals surface area contributed by atoms with Crippen LogP contribution in [0.4, 0.5) is 0 Å². The van der Waals surface area contributed by atoms with Gasteiger partial charge in [0.15, 0.2) is 0 Å². The largest absolute Gasteiger partial charge is 0.0958 e. The lowest BCUT2D eigenvalue weighted by Crippen LogP contribution is -1.98. The Labute approximate surface area is 132 Å². The van der Waals surface area contributed by atoms with E-state index >= 15 is 0 Å².